The molecule has 1 unspecified atom stereocenters. The van der Waals surface area contributed by atoms with E-state index < -0.39 is 6.04 Å². The molecule has 0 aliphatic heterocycles. The molecule has 37 heavy (non-hydrogen) atoms. The molecule has 8 nitrogen and oxygen atoms in total. The van der Waals surface area contributed by atoms with Gasteiger partial charge in [-0.3, -0.25) is 14.5 Å². The van der Waals surface area contributed by atoms with E-state index in [1.807, 2.05) is 55.5 Å². The van der Waals surface area contributed by atoms with Crippen LogP contribution in [0, 0.1) is 6.92 Å². The van der Waals surface area contributed by atoms with Crippen molar-refractivity contribution in [3.05, 3.63) is 83.9 Å². The van der Waals surface area contributed by atoms with Gasteiger partial charge in [0.2, 0.25) is 11.8 Å². The number of hydrogen-bond donors (Lipinski definition) is 2. The van der Waals surface area contributed by atoms with Crippen LogP contribution >= 0.6 is 0 Å². The predicted molar refractivity (Wildman–Crippen MR) is 142 cm³/mol. The summed E-state index contributed by atoms with van der Waals surface area (Å²) in [6.07, 6.45) is 5.19. The zero-order chi connectivity index (χ0) is 25.8. The maximum atomic E-state index is 14.1. The molecule has 3 aromatic carbocycles. The van der Waals surface area contributed by atoms with Gasteiger partial charge in [0, 0.05) is 11.7 Å². The molecular weight excluding hydrogens is 466 g/mol. The molecule has 1 aromatic heterocycles. The molecule has 2 amide bonds. The second-order valence-corrected chi connectivity index (χ2v) is 9.62. The lowest BCUT2D eigenvalue weighted by Crippen LogP contribution is -2.48. The van der Waals surface area contributed by atoms with Gasteiger partial charge >= 0.3 is 0 Å². The van der Waals surface area contributed by atoms with Crippen LogP contribution in [-0.4, -0.2) is 38.0 Å². The Balaban J connectivity index is 1.57. The van der Waals surface area contributed by atoms with Gasteiger partial charge in [-0.15, -0.1) is 5.10 Å². The van der Waals surface area contributed by atoms with E-state index >= 15 is 0 Å². The minimum Gasteiger partial charge on any atom is -0.508 e. The quantitative estimate of drug-likeness (QED) is 0.387. The van der Waals surface area contributed by atoms with E-state index in [1.165, 1.54) is 6.42 Å². The Hall–Kier alpha value is -4.20. The molecule has 1 aliphatic rings. The Morgan fingerprint density at radius 3 is 2.46 bits per heavy atom. The molecule has 0 bridgehead atoms. The Morgan fingerprint density at radius 2 is 1.70 bits per heavy atom. The fourth-order valence-electron chi connectivity index (χ4n) is 5.09. The monoisotopic (exact) mass is 497 g/mol. The van der Waals surface area contributed by atoms with Crippen molar-refractivity contribution in [2.75, 3.05) is 4.90 Å². The van der Waals surface area contributed by atoms with Crippen molar-refractivity contribution in [3.8, 4) is 5.75 Å². The number of aromatic nitrogens is 3. The Labute approximate surface area is 215 Å². The summed E-state index contributed by atoms with van der Waals surface area (Å²) in [5.41, 5.74) is 3.57. The molecule has 1 saturated carbocycles. The van der Waals surface area contributed by atoms with Gasteiger partial charge in [0.05, 0.1) is 5.52 Å². The zero-order valence-electron chi connectivity index (χ0n) is 20.9. The summed E-state index contributed by atoms with van der Waals surface area (Å²) < 4.78 is 1.57. The largest absolute Gasteiger partial charge is 0.508 e. The van der Waals surface area contributed by atoms with Crippen LogP contribution in [0.3, 0.4) is 0 Å². The highest BCUT2D eigenvalue weighted by atomic mass is 16.3. The maximum Gasteiger partial charge on any atom is 0.249 e. The summed E-state index contributed by atoms with van der Waals surface area (Å²) in [7, 11) is 0. The summed E-state index contributed by atoms with van der Waals surface area (Å²) in [5.74, 6) is -0.433. The van der Waals surface area contributed by atoms with Crippen LogP contribution in [-0.2, 0) is 16.1 Å². The minimum atomic E-state index is -0.925. The molecule has 8 heteroatoms. The van der Waals surface area contributed by atoms with E-state index in [4.69, 9.17) is 0 Å². The summed E-state index contributed by atoms with van der Waals surface area (Å²) in [5, 5.41) is 21.5. The van der Waals surface area contributed by atoms with Crippen molar-refractivity contribution < 1.29 is 14.7 Å². The molecule has 0 saturated heterocycles. The fraction of sp³-hybridized carbons (Fsp3) is 0.310. The van der Waals surface area contributed by atoms with Gasteiger partial charge in [0.25, 0.3) is 0 Å². The number of phenolic OH excluding ortho intramolecular Hbond substituents is 1. The molecular formula is C29H31N5O3. The number of phenols is 1. The van der Waals surface area contributed by atoms with Crippen LogP contribution in [0.5, 0.6) is 5.75 Å². The average molecular weight is 498 g/mol. The number of rotatable bonds is 7. The highest BCUT2D eigenvalue weighted by molar-refractivity contribution is 6.02. The molecule has 1 atom stereocenters. The van der Waals surface area contributed by atoms with Gasteiger partial charge in [-0.25, -0.2) is 4.68 Å². The highest BCUT2D eigenvalue weighted by Gasteiger charge is 2.35. The number of nitrogens with one attached hydrogen (secondary N) is 1. The first-order valence-corrected chi connectivity index (χ1v) is 12.8. The van der Waals surface area contributed by atoms with Crippen LogP contribution < -0.4 is 10.2 Å². The molecule has 0 spiro atoms. The van der Waals surface area contributed by atoms with E-state index in [2.05, 4.69) is 15.6 Å². The standard InChI is InChI=1S/C29H31N5O3/c1-20-9-5-7-13-25(20)34(27(36)19-33-26-14-8-6-12-24(26)31-32-33)28(21-15-17-23(35)18-16-21)29(37)30-22-10-3-2-4-11-22/h5-9,12-18,22,28,35H,2-4,10-11,19H2,1H3,(H,30,37). The first-order chi connectivity index (χ1) is 18.0. The third-order valence-corrected chi connectivity index (χ3v) is 7.02. The maximum absolute atomic E-state index is 14.1. The van der Waals surface area contributed by atoms with Crippen molar-refractivity contribution in [2.45, 2.75) is 57.7 Å². The molecule has 0 radical (unpaired) electrons. The third kappa shape index (κ3) is 5.33. The normalized spacial score (nSPS) is 14.8. The van der Waals surface area contributed by atoms with E-state index in [0.717, 1.165) is 36.8 Å². The summed E-state index contributed by atoms with van der Waals surface area (Å²) >= 11 is 0. The number of amides is 2. The van der Waals surface area contributed by atoms with Crippen molar-refractivity contribution in [2.24, 2.45) is 0 Å². The summed E-state index contributed by atoms with van der Waals surface area (Å²) in [6.45, 7) is 1.84. The van der Waals surface area contributed by atoms with Gasteiger partial charge in [-0.2, -0.15) is 0 Å². The topological polar surface area (TPSA) is 100 Å². The molecule has 1 aliphatic carbocycles. The Bertz CT molecular complexity index is 1390. The number of fused-ring (bicyclic) bond motifs is 1. The van der Waals surface area contributed by atoms with Gasteiger partial charge in [0.1, 0.15) is 23.9 Å². The van der Waals surface area contributed by atoms with Crippen LogP contribution in [0.15, 0.2) is 72.8 Å². The minimum absolute atomic E-state index is 0.0777. The number of aryl methyl sites for hydroxylation is 1. The van der Waals surface area contributed by atoms with Crippen LogP contribution in [0.25, 0.3) is 11.0 Å². The Kier molecular flexibility index (Phi) is 7.16. The smallest absolute Gasteiger partial charge is 0.249 e. The van der Waals surface area contributed by atoms with Gasteiger partial charge < -0.3 is 10.4 Å². The molecule has 190 valence electrons. The highest BCUT2D eigenvalue weighted by Crippen LogP contribution is 2.32. The third-order valence-electron chi connectivity index (χ3n) is 7.02. The summed E-state index contributed by atoms with van der Waals surface area (Å²) in [4.78, 5) is 29.6. The van der Waals surface area contributed by atoms with Crippen LogP contribution in [0.2, 0.25) is 0 Å². The van der Waals surface area contributed by atoms with Gasteiger partial charge in [-0.05, 0) is 61.2 Å². The molecule has 5 rings (SSSR count). The number of carbonyl (C=O) groups is 2. The van der Waals surface area contributed by atoms with E-state index in [9.17, 15) is 14.7 Å². The molecule has 1 fully saturated rings. The second-order valence-electron chi connectivity index (χ2n) is 9.62. The number of hydrogen-bond acceptors (Lipinski definition) is 5. The van der Waals surface area contributed by atoms with Crippen molar-refractivity contribution in [1.82, 2.24) is 20.3 Å². The number of anilines is 1. The lowest BCUT2D eigenvalue weighted by atomic mass is 9.94. The molecule has 4 aromatic rings. The average Bonchev–Trinajstić information content (AvgIpc) is 3.31. The number of nitrogens with zero attached hydrogens (tertiary/aromatic N) is 4. The number of carbonyl (C=O) groups excluding carboxylic acids is 2. The lowest BCUT2D eigenvalue weighted by Gasteiger charge is -2.34. The first kappa shape index (κ1) is 24.5. The van der Waals surface area contributed by atoms with Crippen molar-refractivity contribution in [1.29, 1.82) is 0 Å². The predicted octanol–water partition coefficient (Wildman–Crippen LogP) is 4.67. The van der Waals surface area contributed by atoms with Crippen LogP contribution in [0.1, 0.15) is 49.3 Å². The first-order valence-electron chi connectivity index (χ1n) is 12.8. The fourth-order valence-corrected chi connectivity index (χ4v) is 5.09. The Morgan fingerprint density at radius 1 is 1.00 bits per heavy atom. The number of para-hydroxylation sites is 2. The number of benzene rings is 3. The number of aromatic hydroxyl groups is 1. The second kappa shape index (κ2) is 10.8. The SMILES string of the molecule is Cc1ccccc1N(C(=O)Cn1nnc2ccccc21)C(C(=O)NC1CCCCC1)c1ccc(O)cc1. The molecule has 2 N–H and O–H groups in total. The van der Waals surface area contributed by atoms with Crippen molar-refractivity contribution in [3.63, 3.8) is 0 Å². The van der Waals surface area contributed by atoms with Gasteiger partial charge in [-0.1, -0.05) is 66.9 Å². The van der Waals surface area contributed by atoms with Gasteiger partial charge in [0.15, 0.2) is 0 Å². The van der Waals surface area contributed by atoms with E-state index in [-0.39, 0.29) is 30.2 Å². The van der Waals surface area contributed by atoms with Crippen LogP contribution in [0.4, 0.5) is 5.69 Å². The van der Waals surface area contributed by atoms with Crippen molar-refractivity contribution >= 4 is 28.5 Å². The zero-order valence-corrected chi connectivity index (χ0v) is 20.9. The summed E-state index contributed by atoms with van der Waals surface area (Å²) in [6, 6.07) is 20.7. The van der Waals surface area contributed by atoms with E-state index in [1.54, 1.807) is 33.8 Å². The molecule has 1 heterocycles. The van der Waals surface area contributed by atoms with E-state index in [0.29, 0.717) is 16.8 Å². The lowest BCUT2D eigenvalue weighted by molar-refractivity contribution is -0.127.